The molecule has 0 aliphatic heterocycles. The Morgan fingerprint density at radius 3 is 2.55 bits per heavy atom. The van der Waals surface area contributed by atoms with Crippen molar-refractivity contribution in [1.82, 2.24) is 34.6 Å². The normalized spacial score (nSPS) is 11.4. The molecule has 0 spiro atoms. The molecule has 1 N–H and O–H groups in total. The first-order valence-electron chi connectivity index (χ1n) is 9.24. The third-order valence-electron chi connectivity index (χ3n) is 5.05. The van der Waals surface area contributed by atoms with Crippen molar-refractivity contribution in [2.75, 3.05) is 0 Å². The topological polar surface area (TPSA) is 111 Å². The molecule has 5 aromatic rings. The molecule has 0 bridgehead atoms. The van der Waals surface area contributed by atoms with Gasteiger partial charge in [-0.2, -0.15) is 14.1 Å². The molecule has 0 aliphatic carbocycles. The average Bonchev–Trinajstić information content (AvgIpc) is 3.43. The van der Waals surface area contributed by atoms with Gasteiger partial charge >= 0.3 is 5.97 Å². The van der Waals surface area contributed by atoms with E-state index < -0.39 is 5.97 Å². The van der Waals surface area contributed by atoms with Gasteiger partial charge in [-0.15, -0.1) is 0 Å². The summed E-state index contributed by atoms with van der Waals surface area (Å²) in [6.07, 6.45) is 2.27. The molecule has 3 heterocycles. The largest absolute Gasteiger partial charge is 0.478 e. The maximum absolute atomic E-state index is 11.5. The number of aryl methyl sites for hydroxylation is 1. The predicted octanol–water partition coefficient (Wildman–Crippen LogP) is 3.62. The lowest BCUT2D eigenvalue weighted by molar-refractivity contribution is 0.0697. The number of hydrogen-bond donors (Lipinski definition) is 1. The zero-order chi connectivity index (χ0) is 21.5. The second-order valence-electron chi connectivity index (χ2n) is 6.77. The van der Waals surface area contributed by atoms with Crippen LogP contribution in [0.3, 0.4) is 0 Å². The van der Waals surface area contributed by atoms with Crippen molar-refractivity contribution >= 4 is 40.6 Å². The van der Waals surface area contributed by atoms with E-state index in [1.54, 1.807) is 15.1 Å². The van der Waals surface area contributed by atoms with Gasteiger partial charge in [0.15, 0.2) is 5.65 Å². The SMILES string of the molecule is O=C(O)c1ccc(Cl)c(CCc2c(-c3ccccc3)n3nnnc3n3ncnc23)c1Cl. The van der Waals surface area contributed by atoms with E-state index in [0.717, 1.165) is 16.8 Å². The van der Waals surface area contributed by atoms with Gasteiger partial charge in [0.2, 0.25) is 0 Å². The summed E-state index contributed by atoms with van der Waals surface area (Å²) in [6, 6.07) is 12.6. The van der Waals surface area contributed by atoms with Crippen LogP contribution >= 0.6 is 23.2 Å². The summed E-state index contributed by atoms with van der Waals surface area (Å²) in [6.45, 7) is 0. The number of fused-ring (bicyclic) bond motifs is 3. The minimum Gasteiger partial charge on any atom is -0.478 e. The number of carbonyl (C=O) groups is 1. The Bertz CT molecular complexity index is 1450. The maximum atomic E-state index is 11.5. The van der Waals surface area contributed by atoms with E-state index in [2.05, 4.69) is 25.6 Å². The molecule has 0 aliphatic rings. The maximum Gasteiger partial charge on any atom is 0.337 e. The number of carboxylic acid groups (broad SMARTS) is 1. The highest BCUT2D eigenvalue weighted by Gasteiger charge is 2.22. The van der Waals surface area contributed by atoms with Gasteiger partial charge in [-0.25, -0.2) is 9.78 Å². The van der Waals surface area contributed by atoms with Crippen LogP contribution < -0.4 is 0 Å². The van der Waals surface area contributed by atoms with Crippen LogP contribution in [0.2, 0.25) is 10.0 Å². The summed E-state index contributed by atoms with van der Waals surface area (Å²) in [5.41, 5.74) is 3.66. The fourth-order valence-corrected chi connectivity index (χ4v) is 4.29. The van der Waals surface area contributed by atoms with Gasteiger partial charge in [0, 0.05) is 16.1 Å². The monoisotopic (exact) mass is 453 g/mol. The van der Waals surface area contributed by atoms with E-state index >= 15 is 0 Å². The van der Waals surface area contributed by atoms with E-state index in [4.69, 9.17) is 23.2 Å². The molecule has 2 aromatic carbocycles. The van der Waals surface area contributed by atoms with E-state index in [-0.39, 0.29) is 10.6 Å². The van der Waals surface area contributed by atoms with Crippen molar-refractivity contribution in [2.45, 2.75) is 12.8 Å². The highest BCUT2D eigenvalue weighted by Crippen LogP contribution is 2.32. The van der Waals surface area contributed by atoms with Crippen LogP contribution in [0.1, 0.15) is 21.5 Å². The lowest BCUT2D eigenvalue weighted by Crippen LogP contribution is -2.09. The molecule has 0 unspecified atom stereocenters. The van der Waals surface area contributed by atoms with Gasteiger partial charge in [-0.05, 0) is 41.0 Å². The Labute approximate surface area is 184 Å². The van der Waals surface area contributed by atoms with Crippen LogP contribution in [0.25, 0.3) is 22.7 Å². The molecule has 0 saturated carbocycles. The Hall–Kier alpha value is -3.56. The van der Waals surface area contributed by atoms with Crippen LogP contribution in [0.15, 0.2) is 48.8 Å². The van der Waals surface area contributed by atoms with Crippen LogP contribution in [0.4, 0.5) is 0 Å². The van der Waals surface area contributed by atoms with Gasteiger partial charge < -0.3 is 5.11 Å². The molecule has 0 radical (unpaired) electrons. The number of carboxylic acids is 1. The lowest BCUT2D eigenvalue weighted by Gasteiger charge is -2.14. The Kier molecular flexibility index (Phi) is 4.76. The van der Waals surface area contributed by atoms with Crippen LogP contribution in [0, 0.1) is 0 Å². The summed E-state index contributed by atoms with van der Waals surface area (Å²) < 4.78 is 3.18. The quantitative estimate of drug-likeness (QED) is 0.432. The standard InChI is InChI=1S/C20H13Cl2N7O2/c21-15-9-8-13(19(30)31)16(22)12(15)6-7-14-17(11-4-2-1-3-5-11)28-20(25-26-27-28)29-18(14)23-10-24-29/h1-5,8-10H,6-7H2,(H,30,31). The average molecular weight is 454 g/mol. The molecule has 154 valence electrons. The number of aromatic nitrogens is 7. The minimum atomic E-state index is -1.11. The number of hydrogen-bond acceptors (Lipinski definition) is 6. The molecule has 5 rings (SSSR count). The number of rotatable bonds is 5. The van der Waals surface area contributed by atoms with Gasteiger partial charge in [0.05, 0.1) is 16.3 Å². The highest BCUT2D eigenvalue weighted by atomic mass is 35.5. The molecule has 11 heteroatoms. The summed E-state index contributed by atoms with van der Waals surface area (Å²) in [4.78, 5) is 15.9. The van der Waals surface area contributed by atoms with Crippen LogP contribution in [-0.4, -0.2) is 45.7 Å². The first-order chi connectivity index (χ1) is 15.1. The fraction of sp³-hybridized carbons (Fsp3) is 0.100. The van der Waals surface area contributed by atoms with E-state index in [1.165, 1.54) is 12.4 Å². The Morgan fingerprint density at radius 2 is 1.77 bits per heavy atom. The third-order valence-corrected chi connectivity index (χ3v) is 5.83. The minimum absolute atomic E-state index is 0.00732. The smallest absolute Gasteiger partial charge is 0.337 e. The van der Waals surface area contributed by atoms with E-state index in [1.807, 2.05) is 30.3 Å². The van der Waals surface area contributed by atoms with Crippen LogP contribution in [-0.2, 0) is 12.8 Å². The Morgan fingerprint density at radius 1 is 1.00 bits per heavy atom. The molecule has 0 fully saturated rings. The third kappa shape index (κ3) is 3.18. The zero-order valence-corrected chi connectivity index (χ0v) is 17.3. The first-order valence-corrected chi connectivity index (χ1v) is 10.00. The number of halogens is 2. The highest BCUT2D eigenvalue weighted by molar-refractivity contribution is 6.37. The molecule has 9 nitrogen and oxygen atoms in total. The molecule has 0 amide bonds. The van der Waals surface area contributed by atoms with Crippen molar-refractivity contribution in [1.29, 1.82) is 0 Å². The van der Waals surface area contributed by atoms with Crippen molar-refractivity contribution in [2.24, 2.45) is 0 Å². The second kappa shape index (κ2) is 7.60. The fourth-order valence-electron chi connectivity index (χ4n) is 3.65. The molecule has 0 saturated heterocycles. The van der Waals surface area contributed by atoms with Crippen molar-refractivity contribution in [3.63, 3.8) is 0 Å². The Balaban J connectivity index is 1.70. The molecular formula is C20H13Cl2N7O2. The number of aromatic carboxylic acids is 1. The first kappa shape index (κ1) is 19.4. The summed E-state index contributed by atoms with van der Waals surface area (Å²) in [5, 5.41) is 26.2. The summed E-state index contributed by atoms with van der Waals surface area (Å²) in [7, 11) is 0. The number of nitrogens with zero attached hydrogens (tertiary/aromatic N) is 7. The zero-order valence-electron chi connectivity index (χ0n) is 15.8. The van der Waals surface area contributed by atoms with Gasteiger partial charge in [0.25, 0.3) is 5.78 Å². The molecule has 3 aromatic heterocycles. The number of tetrazole rings is 1. The van der Waals surface area contributed by atoms with Crippen molar-refractivity contribution in [3.05, 3.63) is 75.5 Å². The van der Waals surface area contributed by atoms with E-state index in [0.29, 0.717) is 34.9 Å². The summed E-state index contributed by atoms with van der Waals surface area (Å²) >= 11 is 12.7. The number of benzene rings is 2. The van der Waals surface area contributed by atoms with Gasteiger partial charge in [0.1, 0.15) is 6.33 Å². The van der Waals surface area contributed by atoms with Crippen molar-refractivity contribution in [3.8, 4) is 11.3 Å². The van der Waals surface area contributed by atoms with Gasteiger partial charge in [-0.3, -0.25) is 0 Å². The molecule has 0 atom stereocenters. The van der Waals surface area contributed by atoms with E-state index in [9.17, 15) is 9.90 Å². The molecular weight excluding hydrogens is 441 g/mol. The van der Waals surface area contributed by atoms with Gasteiger partial charge in [-0.1, -0.05) is 58.6 Å². The summed E-state index contributed by atoms with van der Waals surface area (Å²) in [5.74, 6) is -0.679. The lowest BCUT2D eigenvalue weighted by atomic mass is 9.99. The predicted molar refractivity (Wildman–Crippen MR) is 114 cm³/mol. The second-order valence-corrected chi connectivity index (χ2v) is 7.56. The van der Waals surface area contributed by atoms with Crippen LogP contribution in [0.5, 0.6) is 0 Å². The molecule has 31 heavy (non-hydrogen) atoms. The van der Waals surface area contributed by atoms with Crippen molar-refractivity contribution < 1.29 is 9.90 Å².